The molecule has 0 amide bonds. The standard InChI is InChI=1S/C10H13N3OS/c1-2-15(14)9-5-8(6-13-7-9)10(12)3-4-11/h5-7,10H,2-3,12H2,1H3. The van der Waals surface area contributed by atoms with Crippen molar-refractivity contribution >= 4 is 11.2 Å². The second kappa shape index (κ2) is 5.71. The molecular formula is C10H13N3OS. The number of rotatable bonds is 4. The van der Waals surface area contributed by atoms with Crippen LogP contribution in [0.2, 0.25) is 0 Å². The third kappa shape index (κ3) is 3.20. The van der Waals surface area contributed by atoms with Gasteiger partial charge in [0.1, 0.15) is 5.75 Å². The normalized spacial score (nSPS) is 14.3. The molecule has 0 aliphatic heterocycles. The number of nitrogens with two attached hydrogens (primary N) is 1. The van der Waals surface area contributed by atoms with Gasteiger partial charge < -0.3 is 10.3 Å². The van der Waals surface area contributed by atoms with E-state index in [1.807, 2.05) is 13.0 Å². The van der Waals surface area contributed by atoms with Gasteiger partial charge in [0.25, 0.3) is 0 Å². The maximum Gasteiger partial charge on any atom is 0.171 e. The summed E-state index contributed by atoms with van der Waals surface area (Å²) in [6.45, 7) is 1.85. The van der Waals surface area contributed by atoms with Crippen LogP contribution >= 0.6 is 0 Å². The highest BCUT2D eigenvalue weighted by atomic mass is 32.2. The lowest BCUT2D eigenvalue weighted by atomic mass is 10.1. The van der Waals surface area contributed by atoms with Crippen LogP contribution in [0, 0.1) is 11.3 Å². The molecule has 15 heavy (non-hydrogen) atoms. The van der Waals surface area contributed by atoms with E-state index in [0.29, 0.717) is 10.6 Å². The number of pyridine rings is 1. The van der Waals surface area contributed by atoms with Crippen molar-refractivity contribution in [3.8, 4) is 6.07 Å². The van der Waals surface area contributed by atoms with Crippen molar-refractivity contribution in [3.63, 3.8) is 0 Å². The first kappa shape index (κ1) is 12.0. The van der Waals surface area contributed by atoms with Gasteiger partial charge >= 0.3 is 0 Å². The lowest BCUT2D eigenvalue weighted by molar-refractivity contribution is 0.595. The summed E-state index contributed by atoms with van der Waals surface area (Å²) in [4.78, 5) is 4.64. The molecular weight excluding hydrogens is 210 g/mol. The molecule has 0 saturated heterocycles. The van der Waals surface area contributed by atoms with Crippen molar-refractivity contribution < 1.29 is 4.55 Å². The maximum absolute atomic E-state index is 11.5. The van der Waals surface area contributed by atoms with E-state index in [1.165, 1.54) is 0 Å². The Kier molecular flexibility index (Phi) is 4.56. The summed E-state index contributed by atoms with van der Waals surface area (Å²) in [5.41, 5.74) is 6.51. The molecule has 2 unspecified atom stereocenters. The zero-order chi connectivity index (χ0) is 11.3. The van der Waals surface area contributed by atoms with Crippen molar-refractivity contribution in [2.75, 3.05) is 5.75 Å². The minimum atomic E-state index is -1.02. The zero-order valence-corrected chi connectivity index (χ0v) is 9.33. The Bertz CT molecular complexity index is 364. The number of hydrogen-bond donors (Lipinski definition) is 1. The SMILES string of the molecule is CC[S+]([O-])c1cncc(C(N)CC#N)c1. The van der Waals surface area contributed by atoms with Crippen LogP contribution in [0.4, 0.5) is 0 Å². The van der Waals surface area contributed by atoms with Crippen molar-refractivity contribution in [1.82, 2.24) is 4.98 Å². The Balaban J connectivity index is 2.88. The van der Waals surface area contributed by atoms with Gasteiger partial charge in [0.15, 0.2) is 4.90 Å². The lowest BCUT2D eigenvalue weighted by Crippen LogP contribution is -2.11. The first-order valence-electron chi connectivity index (χ1n) is 4.65. The zero-order valence-electron chi connectivity index (χ0n) is 8.51. The van der Waals surface area contributed by atoms with Crippen LogP contribution in [-0.2, 0) is 11.2 Å². The van der Waals surface area contributed by atoms with E-state index in [-0.39, 0.29) is 12.5 Å². The summed E-state index contributed by atoms with van der Waals surface area (Å²) in [5, 5.41) is 8.51. The van der Waals surface area contributed by atoms with Gasteiger partial charge in [-0.1, -0.05) is 0 Å². The lowest BCUT2D eigenvalue weighted by Gasteiger charge is -2.11. The topological polar surface area (TPSA) is 85.8 Å². The number of nitrogens with zero attached hydrogens (tertiary/aromatic N) is 2. The third-order valence-electron chi connectivity index (χ3n) is 2.00. The second-order valence-corrected chi connectivity index (χ2v) is 4.80. The van der Waals surface area contributed by atoms with Crippen LogP contribution < -0.4 is 5.73 Å². The van der Waals surface area contributed by atoms with Gasteiger partial charge in [0, 0.05) is 18.3 Å². The highest BCUT2D eigenvalue weighted by Gasteiger charge is 2.12. The molecule has 1 aromatic heterocycles. The van der Waals surface area contributed by atoms with Gasteiger partial charge in [-0.2, -0.15) is 5.26 Å². The molecule has 1 rings (SSSR count). The summed E-state index contributed by atoms with van der Waals surface area (Å²) < 4.78 is 11.5. The molecule has 1 aromatic rings. The van der Waals surface area contributed by atoms with E-state index >= 15 is 0 Å². The fraction of sp³-hybridized carbons (Fsp3) is 0.400. The van der Waals surface area contributed by atoms with Gasteiger partial charge in [-0.3, -0.25) is 4.98 Å². The van der Waals surface area contributed by atoms with Gasteiger partial charge in [0.2, 0.25) is 0 Å². The molecule has 0 saturated carbocycles. The highest BCUT2D eigenvalue weighted by Crippen LogP contribution is 2.17. The predicted octanol–water partition coefficient (Wildman–Crippen LogP) is 1.12. The van der Waals surface area contributed by atoms with Crippen LogP contribution in [0.5, 0.6) is 0 Å². The van der Waals surface area contributed by atoms with Crippen LogP contribution in [0.15, 0.2) is 23.4 Å². The summed E-state index contributed by atoms with van der Waals surface area (Å²) in [6, 6.07) is 3.41. The van der Waals surface area contributed by atoms with E-state index in [9.17, 15) is 4.55 Å². The summed E-state index contributed by atoms with van der Waals surface area (Å²) >= 11 is -1.02. The first-order valence-corrected chi connectivity index (χ1v) is 5.96. The molecule has 0 aromatic carbocycles. The van der Waals surface area contributed by atoms with Gasteiger partial charge in [0.05, 0.1) is 18.7 Å². The largest absolute Gasteiger partial charge is 0.611 e. The van der Waals surface area contributed by atoms with E-state index in [2.05, 4.69) is 4.98 Å². The molecule has 5 heteroatoms. The number of hydrogen-bond acceptors (Lipinski definition) is 4. The first-order chi connectivity index (χ1) is 7.19. The monoisotopic (exact) mass is 223 g/mol. The highest BCUT2D eigenvalue weighted by molar-refractivity contribution is 7.91. The quantitative estimate of drug-likeness (QED) is 0.775. The maximum atomic E-state index is 11.5. The molecule has 0 fully saturated rings. The predicted molar refractivity (Wildman–Crippen MR) is 58.3 cm³/mol. The van der Waals surface area contributed by atoms with E-state index in [1.54, 1.807) is 18.5 Å². The molecule has 0 radical (unpaired) electrons. The van der Waals surface area contributed by atoms with Crippen molar-refractivity contribution in [2.24, 2.45) is 5.73 Å². The molecule has 2 N–H and O–H groups in total. The molecule has 2 atom stereocenters. The van der Waals surface area contributed by atoms with E-state index in [4.69, 9.17) is 11.0 Å². The van der Waals surface area contributed by atoms with E-state index < -0.39 is 11.2 Å². The van der Waals surface area contributed by atoms with Gasteiger partial charge in [-0.05, 0) is 23.7 Å². The molecule has 0 aliphatic rings. The van der Waals surface area contributed by atoms with Gasteiger partial charge in [-0.15, -0.1) is 0 Å². The number of aromatic nitrogens is 1. The molecule has 80 valence electrons. The molecule has 4 nitrogen and oxygen atoms in total. The molecule has 0 bridgehead atoms. The average molecular weight is 223 g/mol. The Labute approximate surface area is 92.3 Å². The number of nitriles is 1. The Morgan fingerprint density at radius 2 is 2.40 bits per heavy atom. The van der Waals surface area contributed by atoms with E-state index in [0.717, 1.165) is 5.56 Å². The minimum absolute atomic E-state index is 0.240. The Morgan fingerprint density at radius 3 is 3.00 bits per heavy atom. The minimum Gasteiger partial charge on any atom is -0.611 e. The average Bonchev–Trinajstić information content (AvgIpc) is 2.28. The van der Waals surface area contributed by atoms with Crippen molar-refractivity contribution in [3.05, 3.63) is 24.0 Å². The summed E-state index contributed by atoms with van der Waals surface area (Å²) in [5.74, 6) is 0.554. The third-order valence-corrected chi connectivity index (χ3v) is 3.27. The fourth-order valence-electron chi connectivity index (χ4n) is 1.15. The summed E-state index contributed by atoms with van der Waals surface area (Å²) in [7, 11) is 0. The molecule has 1 heterocycles. The second-order valence-electron chi connectivity index (χ2n) is 3.06. The molecule has 0 aliphatic carbocycles. The van der Waals surface area contributed by atoms with Gasteiger partial charge in [-0.25, -0.2) is 0 Å². The van der Waals surface area contributed by atoms with Crippen LogP contribution in [0.25, 0.3) is 0 Å². The van der Waals surface area contributed by atoms with Crippen molar-refractivity contribution in [2.45, 2.75) is 24.3 Å². The van der Waals surface area contributed by atoms with Crippen LogP contribution in [0.3, 0.4) is 0 Å². The van der Waals surface area contributed by atoms with Crippen molar-refractivity contribution in [1.29, 1.82) is 5.26 Å². The smallest absolute Gasteiger partial charge is 0.171 e. The molecule has 0 spiro atoms. The Morgan fingerprint density at radius 1 is 1.67 bits per heavy atom. The summed E-state index contributed by atoms with van der Waals surface area (Å²) in [6.07, 6.45) is 3.42. The fourth-order valence-corrected chi connectivity index (χ4v) is 1.93. The van der Waals surface area contributed by atoms with Crippen LogP contribution in [0.1, 0.15) is 24.9 Å². The Hall–Kier alpha value is -1.09. The van der Waals surface area contributed by atoms with Crippen LogP contribution in [-0.4, -0.2) is 15.3 Å².